The van der Waals surface area contributed by atoms with Gasteiger partial charge in [0.15, 0.2) is 0 Å². The van der Waals surface area contributed by atoms with Gasteiger partial charge >= 0.3 is 0 Å². The lowest BCUT2D eigenvalue weighted by atomic mass is 9.99. The van der Waals surface area contributed by atoms with E-state index in [1.807, 2.05) is 19.9 Å². The molecule has 2 aromatic rings. The van der Waals surface area contributed by atoms with Gasteiger partial charge in [-0.15, -0.1) is 0 Å². The van der Waals surface area contributed by atoms with Gasteiger partial charge in [-0.1, -0.05) is 50.2 Å². The number of thioether (sulfide) groups is 1. The third-order valence-electron chi connectivity index (χ3n) is 5.61. The standard InChI is InChI=1S/C25H31NOS.C2H6/c1-16(10-22-11-18(3)24(26)12-17(22)2)15-28-19(4)23-13-20-8-6-5-7-9-21(20)14-25(23)27;1-2/h11-15,27H,4-10,26H2,1-3H3;1-2H3/b16-15+;. The molecule has 1 aliphatic carbocycles. The number of anilines is 1. The Bertz CT molecular complexity index is 927. The Balaban J connectivity index is 0.00000155. The third-order valence-corrected chi connectivity index (χ3v) is 6.63. The molecule has 0 amide bonds. The first-order chi connectivity index (χ1) is 14.3. The van der Waals surface area contributed by atoms with E-state index in [-0.39, 0.29) is 0 Å². The Labute approximate surface area is 187 Å². The van der Waals surface area contributed by atoms with Crippen molar-refractivity contribution < 1.29 is 5.11 Å². The van der Waals surface area contributed by atoms with Gasteiger partial charge in [0.05, 0.1) is 0 Å². The summed E-state index contributed by atoms with van der Waals surface area (Å²) < 4.78 is 0. The van der Waals surface area contributed by atoms with Crippen molar-refractivity contribution in [3.63, 3.8) is 0 Å². The van der Waals surface area contributed by atoms with E-state index in [2.05, 4.69) is 51.0 Å². The number of nitrogens with two attached hydrogens (primary N) is 1. The van der Waals surface area contributed by atoms with Crippen molar-refractivity contribution in [3.05, 3.63) is 75.2 Å². The number of hydrogen-bond donors (Lipinski definition) is 2. The van der Waals surface area contributed by atoms with Gasteiger partial charge in [-0.2, -0.15) is 0 Å². The number of aryl methyl sites for hydroxylation is 4. The normalized spacial score (nSPS) is 13.7. The van der Waals surface area contributed by atoms with Crippen LogP contribution in [0, 0.1) is 13.8 Å². The van der Waals surface area contributed by atoms with Crippen molar-refractivity contribution in [3.8, 4) is 5.75 Å². The second kappa shape index (κ2) is 11.3. The van der Waals surface area contributed by atoms with E-state index < -0.39 is 0 Å². The van der Waals surface area contributed by atoms with E-state index in [0.29, 0.717) is 5.75 Å². The SMILES string of the molecule is C=C(S/C=C(\C)Cc1cc(C)c(N)cc1C)c1cc2c(cc1O)CCCCC2.CC. The van der Waals surface area contributed by atoms with Crippen LogP contribution in [0.25, 0.3) is 4.91 Å². The van der Waals surface area contributed by atoms with Gasteiger partial charge in [0.2, 0.25) is 0 Å². The highest BCUT2D eigenvalue weighted by atomic mass is 32.2. The van der Waals surface area contributed by atoms with Crippen molar-refractivity contribution in [2.24, 2.45) is 0 Å². The molecule has 2 aromatic carbocycles. The quantitative estimate of drug-likeness (QED) is 0.382. The minimum Gasteiger partial charge on any atom is -0.507 e. The molecule has 0 spiro atoms. The monoisotopic (exact) mass is 423 g/mol. The number of aromatic hydroxyl groups is 1. The first kappa shape index (κ1) is 24.1. The fourth-order valence-electron chi connectivity index (χ4n) is 3.84. The minimum absolute atomic E-state index is 0.356. The van der Waals surface area contributed by atoms with E-state index >= 15 is 0 Å². The van der Waals surface area contributed by atoms with Gasteiger partial charge in [0.25, 0.3) is 0 Å². The highest BCUT2D eigenvalue weighted by molar-refractivity contribution is 8.10. The Kier molecular flexibility index (Phi) is 9.10. The Morgan fingerprint density at radius 3 is 2.33 bits per heavy atom. The van der Waals surface area contributed by atoms with E-state index in [9.17, 15) is 5.11 Å². The molecule has 1 aliphatic rings. The maximum Gasteiger partial charge on any atom is 0.124 e. The highest BCUT2D eigenvalue weighted by Crippen LogP contribution is 2.37. The summed E-state index contributed by atoms with van der Waals surface area (Å²) in [6.45, 7) is 14.5. The van der Waals surface area contributed by atoms with E-state index in [1.54, 1.807) is 11.8 Å². The predicted octanol–water partition coefficient (Wildman–Crippen LogP) is 7.74. The number of fused-ring (bicyclic) bond motifs is 1. The van der Waals surface area contributed by atoms with Crippen LogP contribution in [0.5, 0.6) is 5.75 Å². The van der Waals surface area contributed by atoms with Gasteiger partial charge in [-0.3, -0.25) is 0 Å². The maximum atomic E-state index is 10.5. The number of nitrogen functional groups attached to an aromatic ring is 1. The molecule has 0 radical (unpaired) electrons. The van der Waals surface area contributed by atoms with Crippen LogP contribution in [-0.2, 0) is 19.3 Å². The highest BCUT2D eigenvalue weighted by Gasteiger charge is 2.14. The van der Waals surface area contributed by atoms with Crippen LogP contribution >= 0.6 is 11.8 Å². The van der Waals surface area contributed by atoms with Gasteiger partial charge in [0.1, 0.15) is 5.75 Å². The molecular weight excluding hydrogens is 386 g/mol. The van der Waals surface area contributed by atoms with Crippen LogP contribution in [0.3, 0.4) is 0 Å². The van der Waals surface area contributed by atoms with Crippen molar-refractivity contribution in [1.29, 1.82) is 0 Å². The summed E-state index contributed by atoms with van der Waals surface area (Å²) in [5.41, 5.74) is 15.3. The molecule has 0 unspecified atom stereocenters. The van der Waals surface area contributed by atoms with Crippen LogP contribution in [0.4, 0.5) is 5.69 Å². The van der Waals surface area contributed by atoms with Gasteiger partial charge in [-0.05, 0) is 104 Å². The average Bonchev–Trinajstić information content (AvgIpc) is 2.96. The Morgan fingerprint density at radius 2 is 1.67 bits per heavy atom. The van der Waals surface area contributed by atoms with E-state index in [4.69, 9.17) is 5.73 Å². The molecule has 0 heterocycles. The molecule has 30 heavy (non-hydrogen) atoms. The largest absolute Gasteiger partial charge is 0.507 e. The molecule has 0 bridgehead atoms. The summed E-state index contributed by atoms with van der Waals surface area (Å²) in [5, 5.41) is 12.7. The molecule has 162 valence electrons. The molecule has 3 heteroatoms. The third kappa shape index (κ3) is 6.18. The van der Waals surface area contributed by atoms with Crippen LogP contribution in [0.1, 0.15) is 73.4 Å². The second-order valence-electron chi connectivity index (χ2n) is 8.02. The predicted molar refractivity (Wildman–Crippen MR) is 135 cm³/mol. The van der Waals surface area contributed by atoms with Gasteiger partial charge in [0, 0.05) is 16.2 Å². The number of hydrogen-bond acceptors (Lipinski definition) is 3. The number of benzene rings is 2. The minimum atomic E-state index is 0.356. The smallest absolute Gasteiger partial charge is 0.124 e. The lowest BCUT2D eigenvalue weighted by Gasteiger charge is -2.13. The molecule has 0 aliphatic heterocycles. The fourth-order valence-corrected chi connectivity index (χ4v) is 4.56. The zero-order valence-electron chi connectivity index (χ0n) is 19.3. The molecule has 3 N–H and O–H groups in total. The van der Waals surface area contributed by atoms with Crippen LogP contribution in [0.15, 0.2) is 41.8 Å². The van der Waals surface area contributed by atoms with Crippen molar-refractivity contribution >= 4 is 22.4 Å². The first-order valence-corrected chi connectivity index (χ1v) is 11.9. The van der Waals surface area contributed by atoms with E-state index in [1.165, 1.54) is 47.1 Å². The lowest BCUT2D eigenvalue weighted by molar-refractivity contribution is 0.473. The van der Waals surface area contributed by atoms with Gasteiger partial charge in [-0.25, -0.2) is 0 Å². The van der Waals surface area contributed by atoms with Crippen LogP contribution in [-0.4, -0.2) is 5.11 Å². The summed E-state index contributed by atoms with van der Waals surface area (Å²) in [6.07, 6.45) is 6.78. The maximum absolute atomic E-state index is 10.5. The number of rotatable bonds is 5. The zero-order chi connectivity index (χ0) is 22.3. The number of allylic oxidation sites excluding steroid dienone is 1. The Hall–Kier alpha value is -2.13. The summed E-state index contributed by atoms with van der Waals surface area (Å²) in [7, 11) is 0. The molecular formula is C27H37NOS. The molecule has 0 saturated carbocycles. The zero-order valence-corrected chi connectivity index (χ0v) is 20.1. The fraction of sp³-hybridized carbons (Fsp3) is 0.407. The summed E-state index contributed by atoms with van der Waals surface area (Å²) >= 11 is 1.60. The molecule has 0 fully saturated rings. The summed E-state index contributed by atoms with van der Waals surface area (Å²) in [5.74, 6) is 0.356. The Morgan fingerprint density at radius 1 is 1.03 bits per heavy atom. The lowest BCUT2D eigenvalue weighted by Crippen LogP contribution is -1.97. The number of phenols is 1. The van der Waals surface area contributed by atoms with Crippen LogP contribution < -0.4 is 5.73 Å². The van der Waals surface area contributed by atoms with Crippen molar-refractivity contribution in [2.75, 3.05) is 5.73 Å². The summed E-state index contributed by atoms with van der Waals surface area (Å²) in [4.78, 5) is 0.897. The molecule has 2 nitrogen and oxygen atoms in total. The molecule has 0 saturated heterocycles. The molecule has 0 atom stereocenters. The molecule has 3 rings (SSSR count). The number of phenolic OH excluding ortho intramolecular Hbond substituents is 1. The molecule has 0 aromatic heterocycles. The second-order valence-corrected chi connectivity index (χ2v) is 8.98. The van der Waals surface area contributed by atoms with Crippen molar-refractivity contribution in [1.82, 2.24) is 0 Å². The average molecular weight is 424 g/mol. The topological polar surface area (TPSA) is 46.2 Å². The van der Waals surface area contributed by atoms with Crippen LogP contribution in [0.2, 0.25) is 0 Å². The first-order valence-electron chi connectivity index (χ1n) is 11.1. The van der Waals surface area contributed by atoms with E-state index in [0.717, 1.165) is 41.0 Å². The van der Waals surface area contributed by atoms with Gasteiger partial charge < -0.3 is 10.8 Å². The van der Waals surface area contributed by atoms with Crippen molar-refractivity contribution in [2.45, 2.75) is 73.1 Å². The summed E-state index contributed by atoms with van der Waals surface area (Å²) in [6, 6.07) is 8.35.